The molecule has 1 aromatic rings. The molecule has 124 valence electrons. The lowest BCUT2D eigenvalue weighted by Crippen LogP contribution is -2.49. The first-order valence-electron chi connectivity index (χ1n) is 7.39. The Kier molecular flexibility index (Phi) is 6.34. The van der Waals surface area contributed by atoms with Crippen molar-refractivity contribution in [1.82, 2.24) is 20.1 Å². The molecule has 1 heterocycles. The van der Waals surface area contributed by atoms with Crippen LogP contribution in [0.15, 0.2) is 0 Å². The third-order valence-electron chi connectivity index (χ3n) is 3.61. The molecule has 0 unspecified atom stereocenters. The van der Waals surface area contributed by atoms with Crippen LogP contribution in [0.2, 0.25) is 0 Å². The number of likely N-dealkylation sites (N-methyl/N-ethyl adjacent to an activating group) is 1. The van der Waals surface area contributed by atoms with Gasteiger partial charge in [0.15, 0.2) is 0 Å². The van der Waals surface area contributed by atoms with E-state index in [1.54, 1.807) is 44.3 Å². The molecule has 2 atom stereocenters. The number of thiazole rings is 1. The molecule has 0 saturated heterocycles. The number of rotatable bonds is 5. The van der Waals surface area contributed by atoms with Gasteiger partial charge < -0.3 is 15.1 Å². The number of carbonyl (C=O) groups excluding carboxylic acids is 2. The predicted octanol–water partition coefficient (Wildman–Crippen LogP) is 2.19. The summed E-state index contributed by atoms with van der Waals surface area (Å²) in [6, 6.07) is -0.897. The van der Waals surface area contributed by atoms with Gasteiger partial charge in [0.2, 0.25) is 5.91 Å². The fourth-order valence-electron chi connectivity index (χ4n) is 2.09. The molecule has 0 bridgehead atoms. The van der Waals surface area contributed by atoms with E-state index in [1.807, 2.05) is 13.8 Å². The van der Waals surface area contributed by atoms with Crippen LogP contribution in [0.5, 0.6) is 0 Å². The smallest absolute Gasteiger partial charge is 0.318 e. The monoisotopic (exact) mass is 326 g/mol. The zero-order valence-electron chi connectivity index (χ0n) is 14.4. The summed E-state index contributed by atoms with van der Waals surface area (Å²) in [4.78, 5) is 32.8. The van der Waals surface area contributed by atoms with Crippen LogP contribution in [0.1, 0.15) is 42.4 Å². The maximum atomic E-state index is 12.3. The molecule has 3 amide bonds. The van der Waals surface area contributed by atoms with E-state index in [4.69, 9.17) is 0 Å². The molecule has 1 N–H and O–H groups in total. The van der Waals surface area contributed by atoms with Crippen LogP contribution in [0, 0.1) is 6.92 Å². The maximum absolute atomic E-state index is 12.3. The maximum Gasteiger partial charge on any atom is 0.318 e. The molecule has 0 saturated carbocycles. The molecule has 0 fully saturated rings. The fourth-order valence-corrected chi connectivity index (χ4v) is 3.20. The van der Waals surface area contributed by atoms with E-state index < -0.39 is 6.04 Å². The minimum Gasteiger partial charge on any atom is -0.347 e. The van der Waals surface area contributed by atoms with Crippen LogP contribution in [0.3, 0.4) is 0 Å². The number of hydrogen-bond donors (Lipinski definition) is 1. The average Bonchev–Trinajstić information content (AvgIpc) is 2.85. The Morgan fingerprint density at radius 2 is 1.86 bits per heavy atom. The number of nitrogens with one attached hydrogen (secondary N) is 1. The number of amides is 3. The summed E-state index contributed by atoms with van der Waals surface area (Å²) >= 11 is 1.64. The van der Waals surface area contributed by atoms with Crippen molar-refractivity contribution in [2.75, 3.05) is 21.1 Å². The van der Waals surface area contributed by atoms with Crippen molar-refractivity contribution < 1.29 is 9.59 Å². The van der Waals surface area contributed by atoms with E-state index in [2.05, 4.69) is 17.2 Å². The van der Waals surface area contributed by atoms with E-state index in [-0.39, 0.29) is 18.0 Å². The summed E-state index contributed by atoms with van der Waals surface area (Å²) in [6.07, 6.45) is 0.891. The molecule has 6 nitrogen and oxygen atoms in total. The van der Waals surface area contributed by atoms with Gasteiger partial charge in [-0.2, -0.15) is 0 Å². The van der Waals surface area contributed by atoms with Gasteiger partial charge in [0.05, 0.1) is 16.7 Å². The average molecular weight is 326 g/mol. The second kappa shape index (κ2) is 7.58. The molecule has 22 heavy (non-hydrogen) atoms. The first-order chi connectivity index (χ1) is 10.2. The van der Waals surface area contributed by atoms with Crippen molar-refractivity contribution in [2.24, 2.45) is 0 Å². The van der Waals surface area contributed by atoms with Crippen LogP contribution in [0.25, 0.3) is 0 Å². The second-order valence-corrected chi connectivity index (χ2v) is 6.72. The van der Waals surface area contributed by atoms with Gasteiger partial charge in [0, 0.05) is 26.0 Å². The minimum absolute atomic E-state index is 0.0838. The first kappa shape index (κ1) is 18.4. The lowest BCUT2D eigenvalue weighted by molar-refractivity contribution is -0.130. The largest absolute Gasteiger partial charge is 0.347 e. The van der Waals surface area contributed by atoms with Crippen LogP contribution < -0.4 is 5.32 Å². The molecule has 1 rings (SSSR count). The molecule has 0 spiro atoms. The molecular weight excluding hydrogens is 300 g/mol. The SMILES string of the molecule is CCc1nc(C)c([C@@H](C)N(C)C(=O)N[C@H](C)C(=O)N(C)C)s1. The van der Waals surface area contributed by atoms with Gasteiger partial charge in [-0.25, -0.2) is 9.78 Å². The van der Waals surface area contributed by atoms with Crippen molar-refractivity contribution in [1.29, 1.82) is 0 Å². The quantitative estimate of drug-likeness (QED) is 0.902. The molecular formula is C15H26N4O2S. The van der Waals surface area contributed by atoms with Crippen molar-refractivity contribution in [3.8, 4) is 0 Å². The van der Waals surface area contributed by atoms with Crippen LogP contribution in [0.4, 0.5) is 4.79 Å². The summed E-state index contributed by atoms with van der Waals surface area (Å²) in [5.41, 5.74) is 0.964. The van der Waals surface area contributed by atoms with Gasteiger partial charge >= 0.3 is 6.03 Å². The molecule has 0 aliphatic carbocycles. The lowest BCUT2D eigenvalue weighted by atomic mass is 10.2. The molecule has 0 radical (unpaired) electrons. The summed E-state index contributed by atoms with van der Waals surface area (Å²) in [6.45, 7) is 7.69. The number of carbonyl (C=O) groups is 2. The third kappa shape index (κ3) is 4.19. The Balaban J connectivity index is 2.77. The van der Waals surface area contributed by atoms with Crippen molar-refractivity contribution in [3.63, 3.8) is 0 Å². The third-order valence-corrected chi connectivity index (χ3v) is 5.08. The van der Waals surface area contributed by atoms with Crippen molar-refractivity contribution in [3.05, 3.63) is 15.6 Å². The number of urea groups is 1. The highest BCUT2D eigenvalue weighted by molar-refractivity contribution is 7.11. The second-order valence-electron chi connectivity index (χ2n) is 5.60. The standard InChI is InChI=1S/C15H26N4O2S/c1-8-12-16-9(2)13(22-12)11(4)19(7)15(21)17-10(3)14(20)18(5)6/h10-11H,8H2,1-7H3,(H,17,21)/t10-,11-/m1/s1. The minimum atomic E-state index is -0.550. The number of aromatic nitrogens is 1. The van der Waals surface area contributed by atoms with Crippen LogP contribution in [-0.2, 0) is 11.2 Å². The molecule has 1 aromatic heterocycles. The summed E-state index contributed by atoms with van der Waals surface area (Å²) < 4.78 is 0. The summed E-state index contributed by atoms with van der Waals surface area (Å²) in [5, 5.41) is 3.81. The normalized spacial score (nSPS) is 13.4. The van der Waals surface area contributed by atoms with E-state index in [0.29, 0.717) is 0 Å². The number of nitrogens with zero attached hydrogens (tertiary/aromatic N) is 3. The highest BCUT2D eigenvalue weighted by atomic mass is 32.1. The van der Waals surface area contributed by atoms with Crippen LogP contribution >= 0.6 is 11.3 Å². The highest BCUT2D eigenvalue weighted by Gasteiger charge is 2.24. The van der Waals surface area contributed by atoms with Crippen molar-refractivity contribution in [2.45, 2.75) is 46.2 Å². The lowest BCUT2D eigenvalue weighted by Gasteiger charge is -2.27. The zero-order chi connectivity index (χ0) is 17.0. The van der Waals surface area contributed by atoms with Gasteiger partial charge in [0.1, 0.15) is 6.04 Å². The summed E-state index contributed by atoms with van der Waals surface area (Å²) in [7, 11) is 5.08. The van der Waals surface area contributed by atoms with E-state index in [9.17, 15) is 9.59 Å². The van der Waals surface area contributed by atoms with Gasteiger partial charge in [-0.05, 0) is 27.2 Å². The van der Waals surface area contributed by atoms with Gasteiger partial charge in [0.25, 0.3) is 0 Å². The predicted molar refractivity (Wildman–Crippen MR) is 89.1 cm³/mol. The van der Waals surface area contributed by atoms with Gasteiger partial charge in [-0.15, -0.1) is 11.3 Å². The summed E-state index contributed by atoms with van der Waals surface area (Å²) in [5.74, 6) is -0.128. The Morgan fingerprint density at radius 3 is 2.32 bits per heavy atom. The molecule has 0 aromatic carbocycles. The Labute approximate surface area is 136 Å². The van der Waals surface area contributed by atoms with E-state index >= 15 is 0 Å². The number of hydrogen-bond acceptors (Lipinski definition) is 4. The number of aryl methyl sites for hydroxylation is 2. The highest BCUT2D eigenvalue weighted by Crippen LogP contribution is 2.28. The Morgan fingerprint density at radius 1 is 1.27 bits per heavy atom. The van der Waals surface area contributed by atoms with Gasteiger partial charge in [-0.1, -0.05) is 6.92 Å². The van der Waals surface area contributed by atoms with E-state index in [1.165, 1.54) is 4.90 Å². The zero-order valence-corrected chi connectivity index (χ0v) is 15.2. The molecule has 7 heteroatoms. The Bertz CT molecular complexity index is 542. The topological polar surface area (TPSA) is 65.5 Å². The van der Waals surface area contributed by atoms with E-state index in [0.717, 1.165) is 22.0 Å². The molecule has 0 aliphatic rings. The first-order valence-corrected chi connectivity index (χ1v) is 8.21. The van der Waals surface area contributed by atoms with Crippen LogP contribution in [-0.4, -0.2) is 53.9 Å². The Hall–Kier alpha value is -1.63. The van der Waals surface area contributed by atoms with Gasteiger partial charge in [-0.3, -0.25) is 4.79 Å². The molecule has 0 aliphatic heterocycles. The van der Waals surface area contributed by atoms with Crippen molar-refractivity contribution >= 4 is 23.3 Å². The fraction of sp³-hybridized carbons (Fsp3) is 0.667.